The molecule has 0 spiro atoms. The first-order valence-electron chi connectivity index (χ1n) is 6.40. The first-order chi connectivity index (χ1) is 9.63. The predicted octanol–water partition coefficient (Wildman–Crippen LogP) is 2.00. The number of hydrogen-bond acceptors (Lipinski definition) is 3. The molecule has 102 valence electrons. The molecule has 0 aliphatic carbocycles. The van der Waals surface area contributed by atoms with Gasteiger partial charge in [0.05, 0.1) is 6.20 Å². The number of anilines is 1. The zero-order valence-corrected chi connectivity index (χ0v) is 10.8. The minimum absolute atomic E-state index is 0.0668. The van der Waals surface area contributed by atoms with Crippen LogP contribution in [0.15, 0.2) is 36.7 Å². The number of aromatic nitrogens is 1. The highest BCUT2D eigenvalue weighted by Gasteiger charge is 2.24. The second-order valence-electron chi connectivity index (χ2n) is 4.90. The number of rotatable bonds is 2. The number of carbonyl (C=O) groups excluding carboxylic acids is 1. The molecule has 0 saturated carbocycles. The lowest BCUT2D eigenvalue weighted by molar-refractivity contribution is 0.0727. The van der Waals surface area contributed by atoms with Crippen LogP contribution in [-0.2, 0) is 13.0 Å². The third kappa shape index (κ3) is 2.34. The Labute approximate surface area is 116 Å². The summed E-state index contributed by atoms with van der Waals surface area (Å²) in [6.45, 7) is 0.976. The highest BCUT2D eigenvalue weighted by molar-refractivity contribution is 5.97. The average molecular weight is 271 g/mol. The van der Waals surface area contributed by atoms with Crippen molar-refractivity contribution in [3.8, 4) is 0 Å². The van der Waals surface area contributed by atoms with Gasteiger partial charge in [-0.1, -0.05) is 6.07 Å². The second kappa shape index (κ2) is 4.92. The summed E-state index contributed by atoms with van der Waals surface area (Å²) in [5.74, 6) is -0.459. The molecule has 0 saturated heterocycles. The molecule has 1 aliphatic rings. The Balaban J connectivity index is 1.85. The molecule has 3 rings (SSSR count). The van der Waals surface area contributed by atoms with E-state index >= 15 is 0 Å². The van der Waals surface area contributed by atoms with E-state index < -0.39 is 5.82 Å². The van der Waals surface area contributed by atoms with E-state index in [-0.39, 0.29) is 5.91 Å². The van der Waals surface area contributed by atoms with Gasteiger partial charge >= 0.3 is 0 Å². The van der Waals surface area contributed by atoms with Crippen molar-refractivity contribution < 1.29 is 9.18 Å². The first-order valence-corrected chi connectivity index (χ1v) is 6.40. The number of hydrogen-bond donors (Lipinski definition) is 1. The minimum atomic E-state index is -0.392. The topological polar surface area (TPSA) is 59.2 Å². The summed E-state index contributed by atoms with van der Waals surface area (Å²) in [5, 5.41) is 0. The van der Waals surface area contributed by atoms with Crippen LogP contribution in [0.4, 0.5) is 10.1 Å². The monoisotopic (exact) mass is 271 g/mol. The smallest absolute Gasteiger partial charge is 0.254 e. The van der Waals surface area contributed by atoms with Crippen LogP contribution >= 0.6 is 0 Å². The quantitative estimate of drug-likeness (QED) is 0.850. The van der Waals surface area contributed by atoms with Crippen molar-refractivity contribution in [1.29, 1.82) is 0 Å². The van der Waals surface area contributed by atoms with Gasteiger partial charge in [0.2, 0.25) is 0 Å². The molecule has 20 heavy (non-hydrogen) atoms. The van der Waals surface area contributed by atoms with Crippen LogP contribution < -0.4 is 5.73 Å². The third-order valence-corrected chi connectivity index (χ3v) is 3.44. The van der Waals surface area contributed by atoms with E-state index in [9.17, 15) is 9.18 Å². The van der Waals surface area contributed by atoms with Gasteiger partial charge in [-0.15, -0.1) is 0 Å². The van der Waals surface area contributed by atoms with E-state index in [0.717, 1.165) is 18.2 Å². The molecule has 0 atom stereocenters. The number of amides is 1. The molecular formula is C15H14FN3O. The zero-order chi connectivity index (χ0) is 14.1. The maximum Gasteiger partial charge on any atom is 0.254 e. The molecule has 1 aromatic carbocycles. The number of carbonyl (C=O) groups is 1. The van der Waals surface area contributed by atoms with Crippen LogP contribution in [0.25, 0.3) is 0 Å². The normalized spacial score (nSPS) is 14.2. The second-order valence-corrected chi connectivity index (χ2v) is 4.90. The number of halogens is 1. The Morgan fingerprint density at radius 3 is 2.95 bits per heavy atom. The fourth-order valence-electron chi connectivity index (χ4n) is 2.45. The van der Waals surface area contributed by atoms with E-state index in [2.05, 4.69) is 4.98 Å². The molecule has 0 bridgehead atoms. The number of fused-ring (bicyclic) bond motifs is 1. The SMILES string of the molecule is Nc1ccc2c(c1)C(=O)N(Cc1cncc(F)c1)CC2. The lowest BCUT2D eigenvalue weighted by atomic mass is 9.98. The van der Waals surface area contributed by atoms with Crippen LogP contribution in [0.1, 0.15) is 21.5 Å². The number of benzene rings is 1. The van der Waals surface area contributed by atoms with Crippen molar-refractivity contribution in [2.45, 2.75) is 13.0 Å². The van der Waals surface area contributed by atoms with E-state index in [1.165, 1.54) is 6.07 Å². The van der Waals surface area contributed by atoms with E-state index in [1.807, 2.05) is 6.07 Å². The molecule has 4 nitrogen and oxygen atoms in total. The Kier molecular flexibility index (Phi) is 3.10. The average Bonchev–Trinajstić information content (AvgIpc) is 2.43. The van der Waals surface area contributed by atoms with Crippen LogP contribution in [0.5, 0.6) is 0 Å². The Morgan fingerprint density at radius 2 is 2.15 bits per heavy atom. The Morgan fingerprint density at radius 1 is 1.30 bits per heavy atom. The maximum absolute atomic E-state index is 13.1. The molecule has 1 amide bonds. The van der Waals surface area contributed by atoms with Crippen molar-refractivity contribution in [1.82, 2.24) is 9.88 Å². The van der Waals surface area contributed by atoms with Gasteiger partial charge in [0.1, 0.15) is 5.82 Å². The van der Waals surface area contributed by atoms with Crippen LogP contribution in [-0.4, -0.2) is 22.3 Å². The summed E-state index contributed by atoms with van der Waals surface area (Å²) < 4.78 is 13.1. The highest BCUT2D eigenvalue weighted by atomic mass is 19.1. The van der Waals surface area contributed by atoms with Gasteiger partial charge in [-0.3, -0.25) is 9.78 Å². The van der Waals surface area contributed by atoms with Crippen molar-refractivity contribution in [2.24, 2.45) is 0 Å². The Hall–Kier alpha value is -2.43. The number of nitrogens with two attached hydrogens (primary N) is 1. The standard InChI is InChI=1S/C15H14FN3O/c16-12-5-10(7-18-8-12)9-19-4-3-11-1-2-13(17)6-14(11)15(19)20/h1-2,5-8H,3-4,9,17H2. The van der Waals surface area contributed by atoms with Gasteiger partial charge < -0.3 is 10.6 Å². The first kappa shape index (κ1) is 12.6. The predicted molar refractivity (Wildman–Crippen MR) is 73.5 cm³/mol. The number of pyridine rings is 1. The summed E-state index contributed by atoms with van der Waals surface area (Å²) in [4.78, 5) is 17.9. The number of nitrogens with zero attached hydrogens (tertiary/aromatic N) is 2. The van der Waals surface area contributed by atoms with Gasteiger partial charge in [-0.2, -0.15) is 0 Å². The Bertz CT molecular complexity index is 672. The molecule has 0 radical (unpaired) electrons. The third-order valence-electron chi connectivity index (χ3n) is 3.44. The molecule has 0 fully saturated rings. The summed E-state index contributed by atoms with van der Waals surface area (Å²) in [6.07, 6.45) is 3.51. The van der Waals surface area contributed by atoms with Gasteiger partial charge in [-0.05, 0) is 35.7 Å². The van der Waals surface area contributed by atoms with Crippen molar-refractivity contribution in [2.75, 3.05) is 12.3 Å². The number of nitrogen functional groups attached to an aromatic ring is 1. The minimum Gasteiger partial charge on any atom is -0.399 e. The molecule has 5 heteroatoms. The molecule has 1 aliphatic heterocycles. The summed E-state index contributed by atoms with van der Waals surface area (Å²) in [5.41, 5.74) is 8.64. The van der Waals surface area contributed by atoms with E-state index in [1.54, 1.807) is 23.2 Å². The summed E-state index contributed by atoms with van der Waals surface area (Å²) >= 11 is 0. The lowest BCUT2D eigenvalue weighted by Gasteiger charge is -2.28. The largest absolute Gasteiger partial charge is 0.399 e. The molecule has 2 aromatic rings. The van der Waals surface area contributed by atoms with Gasteiger partial charge in [-0.25, -0.2) is 4.39 Å². The van der Waals surface area contributed by atoms with Gasteiger partial charge in [0.25, 0.3) is 5.91 Å². The molecule has 0 unspecified atom stereocenters. The van der Waals surface area contributed by atoms with Crippen molar-refractivity contribution >= 4 is 11.6 Å². The highest BCUT2D eigenvalue weighted by Crippen LogP contribution is 2.22. The van der Waals surface area contributed by atoms with E-state index in [0.29, 0.717) is 29.9 Å². The molecule has 2 N–H and O–H groups in total. The molecule has 2 heterocycles. The van der Waals surface area contributed by atoms with Crippen LogP contribution in [0.2, 0.25) is 0 Å². The van der Waals surface area contributed by atoms with Crippen LogP contribution in [0, 0.1) is 5.82 Å². The zero-order valence-electron chi connectivity index (χ0n) is 10.8. The summed E-state index contributed by atoms with van der Waals surface area (Å²) in [6, 6.07) is 6.80. The van der Waals surface area contributed by atoms with Gasteiger partial charge in [0, 0.05) is 30.5 Å². The summed E-state index contributed by atoms with van der Waals surface area (Å²) in [7, 11) is 0. The lowest BCUT2D eigenvalue weighted by Crippen LogP contribution is -2.37. The van der Waals surface area contributed by atoms with Crippen molar-refractivity contribution in [3.05, 3.63) is 59.2 Å². The van der Waals surface area contributed by atoms with Crippen molar-refractivity contribution in [3.63, 3.8) is 0 Å². The maximum atomic E-state index is 13.1. The molecule has 1 aromatic heterocycles. The van der Waals surface area contributed by atoms with E-state index in [4.69, 9.17) is 5.73 Å². The fourth-order valence-corrected chi connectivity index (χ4v) is 2.45. The van der Waals surface area contributed by atoms with Crippen LogP contribution in [0.3, 0.4) is 0 Å². The molecular weight excluding hydrogens is 257 g/mol. The van der Waals surface area contributed by atoms with Gasteiger partial charge in [0.15, 0.2) is 0 Å². The fraction of sp³-hybridized carbons (Fsp3) is 0.200.